The number of rotatable bonds is 7. The molecule has 34 heavy (non-hydrogen) atoms. The zero-order chi connectivity index (χ0) is 23.5. The van der Waals surface area contributed by atoms with Crippen LogP contribution >= 0.6 is 0 Å². The van der Waals surface area contributed by atoms with Gasteiger partial charge >= 0.3 is 5.97 Å². The largest absolute Gasteiger partial charge is 0.466 e. The summed E-state index contributed by atoms with van der Waals surface area (Å²) in [5.74, 6) is 0.325. The number of carbonyl (C=O) groups excluding carboxylic acids is 1. The number of hydrogen-bond donors (Lipinski definition) is 1. The molecule has 176 valence electrons. The number of aromatic nitrogens is 6. The first-order chi connectivity index (χ1) is 16.6. The third-order valence-corrected chi connectivity index (χ3v) is 5.99. The lowest BCUT2D eigenvalue weighted by Gasteiger charge is -2.33. The molecule has 1 fully saturated rings. The quantitative estimate of drug-likeness (QED) is 0.420. The predicted octanol–water partition coefficient (Wildman–Crippen LogP) is 3.13. The molecule has 1 aliphatic heterocycles. The van der Waals surface area contributed by atoms with Crippen LogP contribution in [0.15, 0.2) is 49.1 Å². The molecule has 0 bridgehead atoms. The average Bonchev–Trinajstić information content (AvgIpc) is 3.45. The first-order valence-electron chi connectivity index (χ1n) is 11.5. The number of carbonyl (C=O) groups is 1. The van der Waals surface area contributed by atoms with Gasteiger partial charge in [-0.15, -0.1) is 0 Å². The van der Waals surface area contributed by atoms with Crippen molar-refractivity contribution in [2.24, 2.45) is 13.0 Å². The summed E-state index contributed by atoms with van der Waals surface area (Å²) in [5.41, 5.74) is 3.80. The normalized spacial score (nSPS) is 16.1. The Hall–Kier alpha value is -3.95. The molecule has 1 N–H and O–H groups in total. The molecule has 10 heteroatoms. The van der Waals surface area contributed by atoms with Gasteiger partial charge in [0.2, 0.25) is 5.95 Å². The summed E-state index contributed by atoms with van der Waals surface area (Å²) in [6, 6.07) is 8.39. The fourth-order valence-corrected chi connectivity index (χ4v) is 4.35. The average molecular weight is 461 g/mol. The van der Waals surface area contributed by atoms with E-state index in [4.69, 9.17) is 4.74 Å². The van der Waals surface area contributed by atoms with Crippen molar-refractivity contribution in [3.05, 3.63) is 54.6 Å². The number of esters is 1. The van der Waals surface area contributed by atoms with E-state index in [1.807, 2.05) is 24.9 Å². The lowest BCUT2D eigenvalue weighted by Crippen LogP contribution is -2.39. The van der Waals surface area contributed by atoms with Gasteiger partial charge in [0.15, 0.2) is 5.65 Å². The fourth-order valence-electron chi connectivity index (χ4n) is 4.35. The molecule has 1 unspecified atom stereocenters. The Morgan fingerprint density at radius 1 is 1.24 bits per heavy atom. The van der Waals surface area contributed by atoms with Gasteiger partial charge in [0.25, 0.3) is 0 Å². The first kappa shape index (κ1) is 21.9. The molecule has 10 nitrogen and oxygen atoms in total. The molecule has 1 aromatic carbocycles. The first-order valence-corrected chi connectivity index (χ1v) is 11.5. The highest BCUT2D eigenvalue weighted by atomic mass is 16.5. The smallest absolute Gasteiger partial charge is 0.310 e. The van der Waals surface area contributed by atoms with Gasteiger partial charge in [-0.25, -0.2) is 9.67 Å². The molecule has 0 amide bonds. The van der Waals surface area contributed by atoms with Crippen molar-refractivity contribution < 1.29 is 9.53 Å². The van der Waals surface area contributed by atoms with Crippen molar-refractivity contribution in [3.8, 4) is 0 Å². The van der Waals surface area contributed by atoms with E-state index in [0.29, 0.717) is 25.6 Å². The molecular weight excluding hydrogens is 432 g/mol. The van der Waals surface area contributed by atoms with E-state index in [-0.39, 0.29) is 11.9 Å². The highest BCUT2D eigenvalue weighted by Gasteiger charge is 2.27. The van der Waals surface area contributed by atoms with Crippen LogP contribution in [0.4, 0.5) is 17.3 Å². The van der Waals surface area contributed by atoms with Crippen LogP contribution in [0.2, 0.25) is 0 Å². The van der Waals surface area contributed by atoms with Crippen LogP contribution < -0.4 is 10.2 Å². The molecular formula is C24H28N8O2. The Kier molecular flexibility index (Phi) is 6.11. The number of nitrogens with one attached hydrogen (secondary N) is 1. The van der Waals surface area contributed by atoms with Gasteiger partial charge in [0.1, 0.15) is 0 Å². The second kappa shape index (κ2) is 9.50. The number of fused-ring (bicyclic) bond motifs is 1. The van der Waals surface area contributed by atoms with Crippen molar-refractivity contribution >= 4 is 34.3 Å². The van der Waals surface area contributed by atoms with Gasteiger partial charge in [-0.1, -0.05) is 12.1 Å². The van der Waals surface area contributed by atoms with Crippen LogP contribution in [0.25, 0.3) is 11.0 Å². The van der Waals surface area contributed by atoms with Crippen LogP contribution in [0.3, 0.4) is 0 Å². The van der Waals surface area contributed by atoms with Crippen LogP contribution in [0.5, 0.6) is 0 Å². The number of aryl methyl sites for hydroxylation is 1. The van der Waals surface area contributed by atoms with Crippen LogP contribution in [0, 0.1) is 5.92 Å². The summed E-state index contributed by atoms with van der Waals surface area (Å²) in [6.45, 7) is 4.47. The highest BCUT2D eigenvalue weighted by Crippen LogP contribution is 2.25. The molecule has 3 aromatic heterocycles. The topological polar surface area (TPSA) is 103 Å². The molecule has 0 saturated carbocycles. The molecule has 1 aliphatic rings. The summed E-state index contributed by atoms with van der Waals surface area (Å²) in [7, 11) is 1.86. The maximum atomic E-state index is 12.2. The Morgan fingerprint density at radius 3 is 2.97 bits per heavy atom. The summed E-state index contributed by atoms with van der Waals surface area (Å²) in [6.07, 6.45) is 8.99. The number of benzene rings is 1. The van der Waals surface area contributed by atoms with Crippen LogP contribution in [-0.2, 0) is 23.1 Å². The summed E-state index contributed by atoms with van der Waals surface area (Å²) in [5, 5.41) is 12.8. The number of hydrogen-bond acceptors (Lipinski definition) is 8. The van der Waals surface area contributed by atoms with E-state index in [9.17, 15) is 4.79 Å². The number of nitrogens with zero attached hydrogens (tertiary/aromatic N) is 7. The van der Waals surface area contributed by atoms with E-state index in [0.717, 1.165) is 47.4 Å². The number of piperidine rings is 1. The molecule has 0 aliphatic carbocycles. The van der Waals surface area contributed by atoms with E-state index >= 15 is 0 Å². The van der Waals surface area contributed by atoms with Crippen LogP contribution in [0.1, 0.15) is 25.3 Å². The molecule has 1 atom stereocenters. The van der Waals surface area contributed by atoms with E-state index in [2.05, 4.69) is 54.6 Å². The maximum Gasteiger partial charge on any atom is 0.310 e. The molecule has 4 heterocycles. The predicted molar refractivity (Wildman–Crippen MR) is 129 cm³/mol. The Balaban J connectivity index is 1.33. The Bertz CT molecular complexity index is 1300. The van der Waals surface area contributed by atoms with Gasteiger partial charge in [-0.05, 0) is 37.5 Å². The van der Waals surface area contributed by atoms with E-state index in [1.54, 1.807) is 23.3 Å². The fraction of sp³-hybridized carbons (Fsp3) is 0.375. The van der Waals surface area contributed by atoms with Gasteiger partial charge in [0.05, 0.1) is 42.5 Å². The summed E-state index contributed by atoms with van der Waals surface area (Å²) < 4.78 is 8.84. The summed E-state index contributed by atoms with van der Waals surface area (Å²) >= 11 is 0. The zero-order valence-electron chi connectivity index (χ0n) is 19.4. The third kappa shape index (κ3) is 4.70. The number of ether oxygens (including phenoxy) is 1. The molecule has 4 aromatic rings. The molecule has 0 radical (unpaired) electrons. The van der Waals surface area contributed by atoms with Crippen molar-refractivity contribution in [2.75, 3.05) is 29.9 Å². The maximum absolute atomic E-state index is 12.2. The Morgan fingerprint density at radius 2 is 2.15 bits per heavy atom. The minimum Gasteiger partial charge on any atom is -0.466 e. The SMILES string of the molecule is CCOC(=O)C1CCCN(c2cccc(Cn3ncc4cnc(Nc5cnn(C)c5)nc43)c2)C1. The Labute approximate surface area is 197 Å². The van der Waals surface area contributed by atoms with Crippen molar-refractivity contribution in [2.45, 2.75) is 26.3 Å². The third-order valence-electron chi connectivity index (χ3n) is 5.99. The highest BCUT2D eigenvalue weighted by molar-refractivity contribution is 5.75. The minimum absolute atomic E-state index is 0.0742. The van der Waals surface area contributed by atoms with Crippen molar-refractivity contribution in [1.82, 2.24) is 29.5 Å². The zero-order valence-corrected chi connectivity index (χ0v) is 19.4. The summed E-state index contributed by atoms with van der Waals surface area (Å²) in [4.78, 5) is 23.6. The second-order valence-electron chi connectivity index (χ2n) is 8.51. The molecule has 1 saturated heterocycles. The van der Waals surface area contributed by atoms with Crippen LogP contribution in [-0.4, -0.2) is 55.2 Å². The van der Waals surface area contributed by atoms with Crippen molar-refractivity contribution in [3.63, 3.8) is 0 Å². The van der Waals surface area contributed by atoms with Gasteiger partial charge in [-0.2, -0.15) is 15.2 Å². The second-order valence-corrected chi connectivity index (χ2v) is 8.51. The van der Waals surface area contributed by atoms with Gasteiger partial charge < -0.3 is 15.0 Å². The number of anilines is 3. The van der Waals surface area contributed by atoms with Gasteiger partial charge in [-0.3, -0.25) is 9.48 Å². The van der Waals surface area contributed by atoms with Gasteiger partial charge in [0, 0.05) is 38.2 Å². The minimum atomic E-state index is -0.0956. The van der Waals surface area contributed by atoms with E-state index < -0.39 is 0 Å². The van der Waals surface area contributed by atoms with E-state index in [1.165, 1.54) is 0 Å². The lowest BCUT2D eigenvalue weighted by atomic mass is 9.97. The molecule has 0 spiro atoms. The van der Waals surface area contributed by atoms with Crippen molar-refractivity contribution in [1.29, 1.82) is 0 Å². The molecule has 5 rings (SSSR count). The standard InChI is InChI=1S/C24H28N8O2/c1-3-34-23(33)18-7-5-9-31(15-18)21-8-4-6-17(10-21)14-32-22-19(12-27-32)11-25-24(29-22)28-20-13-26-30(2)16-20/h4,6,8,10-13,16,18H,3,5,7,9,14-15H2,1-2H3,(H,25,28,29). The lowest BCUT2D eigenvalue weighted by molar-refractivity contribution is -0.148. The monoisotopic (exact) mass is 460 g/mol.